The minimum absolute atomic E-state index is 0.0948. The summed E-state index contributed by atoms with van der Waals surface area (Å²) in [5, 5.41) is 2.52. The second-order valence-electron chi connectivity index (χ2n) is 6.25. The van der Waals surface area contributed by atoms with Crippen molar-refractivity contribution in [2.75, 3.05) is 5.32 Å². The minimum Gasteiger partial charge on any atom is -0.307 e. The second kappa shape index (κ2) is 8.10. The van der Waals surface area contributed by atoms with E-state index in [4.69, 9.17) is 11.6 Å². The summed E-state index contributed by atoms with van der Waals surface area (Å²) < 4.78 is 41.1. The molecule has 0 atom stereocenters. The largest absolute Gasteiger partial charge is 0.333 e. The minimum atomic E-state index is -4.05. The van der Waals surface area contributed by atoms with Crippen LogP contribution in [-0.2, 0) is 10.0 Å². The van der Waals surface area contributed by atoms with E-state index in [9.17, 15) is 22.4 Å². The number of amides is 2. The van der Waals surface area contributed by atoms with E-state index < -0.39 is 27.4 Å². The lowest BCUT2D eigenvalue weighted by Crippen LogP contribution is -2.33. The van der Waals surface area contributed by atoms with Gasteiger partial charge in [-0.25, -0.2) is 27.3 Å². The zero-order chi connectivity index (χ0) is 22.2. The number of nitrogens with zero attached hydrogens (tertiary/aromatic N) is 2. The molecule has 2 aromatic heterocycles. The number of fused-ring (bicyclic) bond motifs is 1. The maximum atomic E-state index is 13.5. The van der Waals surface area contributed by atoms with Gasteiger partial charge in [0.05, 0.1) is 20.9 Å². The lowest BCUT2D eigenvalue weighted by atomic mass is 10.2. The van der Waals surface area contributed by atoms with Crippen LogP contribution in [0.1, 0.15) is 0 Å². The Labute approximate surface area is 184 Å². The molecular weight excluding hydrogens is 467 g/mol. The maximum Gasteiger partial charge on any atom is 0.333 e. The average Bonchev–Trinajstić information content (AvgIpc) is 3.16. The van der Waals surface area contributed by atoms with Gasteiger partial charge < -0.3 is 5.32 Å². The van der Waals surface area contributed by atoms with Crippen molar-refractivity contribution in [2.45, 2.75) is 4.21 Å². The van der Waals surface area contributed by atoms with E-state index in [0.717, 1.165) is 17.4 Å². The molecule has 0 aliphatic heterocycles. The molecule has 0 unspecified atom stereocenters. The van der Waals surface area contributed by atoms with E-state index in [-0.39, 0.29) is 19.6 Å². The van der Waals surface area contributed by atoms with Crippen LogP contribution >= 0.6 is 22.9 Å². The predicted molar refractivity (Wildman–Crippen MR) is 116 cm³/mol. The SMILES string of the molecule is O=C(Nc1ccc(-n2cnc3ccc(F)cc3c2=O)cc1)NS(=O)(=O)c1ccc(Cl)s1. The molecule has 4 aromatic rings. The highest BCUT2D eigenvalue weighted by atomic mass is 35.5. The molecule has 8 nitrogen and oxygen atoms in total. The summed E-state index contributed by atoms with van der Waals surface area (Å²) in [5.41, 5.74) is 0.624. The molecule has 0 bridgehead atoms. The molecule has 31 heavy (non-hydrogen) atoms. The summed E-state index contributed by atoms with van der Waals surface area (Å²) in [6.45, 7) is 0. The Morgan fingerprint density at radius 2 is 1.84 bits per heavy atom. The van der Waals surface area contributed by atoms with Crippen molar-refractivity contribution in [3.8, 4) is 5.69 Å². The number of hydrogen-bond donors (Lipinski definition) is 2. The van der Waals surface area contributed by atoms with E-state index in [2.05, 4.69) is 10.3 Å². The number of nitrogens with one attached hydrogen (secondary N) is 2. The van der Waals surface area contributed by atoms with Gasteiger partial charge >= 0.3 is 6.03 Å². The van der Waals surface area contributed by atoms with Gasteiger partial charge in [0.2, 0.25) is 0 Å². The van der Waals surface area contributed by atoms with Gasteiger partial charge in [0.15, 0.2) is 0 Å². The molecule has 4 rings (SSSR count). The third kappa shape index (κ3) is 4.43. The third-order valence-electron chi connectivity index (χ3n) is 4.16. The molecule has 0 aliphatic carbocycles. The van der Waals surface area contributed by atoms with Crippen LogP contribution in [0.5, 0.6) is 0 Å². The van der Waals surface area contributed by atoms with Crippen molar-refractivity contribution < 1.29 is 17.6 Å². The van der Waals surface area contributed by atoms with Crippen molar-refractivity contribution in [1.29, 1.82) is 0 Å². The molecule has 2 aromatic carbocycles. The Balaban J connectivity index is 1.52. The molecule has 0 aliphatic rings. The van der Waals surface area contributed by atoms with Crippen LogP contribution in [-0.4, -0.2) is 24.0 Å². The summed E-state index contributed by atoms with van der Waals surface area (Å²) >= 11 is 6.55. The maximum absolute atomic E-state index is 13.5. The van der Waals surface area contributed by atoms with Crippen LogP contribution in [0.15, 0.2) is 69.9 Å². The molecular formula is C19H12ClFN4O4S2. The number of carbonyl (C=O) groups is 1. The molecule has 0 saturated carbocycles. The van der Waals surface area contributed by atoms with E-state index in [1.54, 1.807) is 0 Å². The predicted octanol–water partition coefficient (Wildman–Crippen LogP) is 3.75. The highest BCUT2D eigenvalue weighted by molar-refractivity contribution is 7.92. The van der Waals surface area contributed by atoms with E-state index >= 15 is 0 Å². The Hall–Kier alpha value is -3.28. The fraction of sp³-hybridized carbons (Fsp3) is 0. The van der Waals surface area contributed by atoms with E-state index in [1.165, 1.54) is 59.4 Å². The van der Waals surface area contributed by atoms with Gasteiger partial charge in [0.25, 0.3) is 15.6 Å². The van der Waals surface area contributed by atoms with Crippen LogP contribution in [0.4, 0.5) is 14.9 Å². The van der Waals surface area contributed by atoms with E-state index in [0.29, 0.717) is 11.2 Å². The molecule has 2 amide bonds. The Kier molecular flexibility index (Phi) is 5.48. The van der Waals surface area contributed by atoms with Crippen molar-refractivity contribution >= 4 is 55.6 Å². The lowest BCUT2D eigenvalue weighted by molar-refractivity contribution is 0.256. The Morgan fingerprint density at radius 3 is 2.52 bits per heavy atom. The average molecular weight is 479 g/mol. The van der Waals surface area contributed by atoms with Gasteiger partial charge in [0.1, 0.15) is 16.4 Å². The van der Waals surface area contributed by atoms with Crippen molar-refractivity contribution in [3.05, 3.63) is 81.4 Å². The van der Waals surface area contributed by atoms with Crippen LogP contribution in [0.2, 0.25) is 4.34 Å². The van der Waals surface area contributed by atoms with Crippen LogP contribution in [0.3, 0.4) is 0 Å². The molecule has 12 heteroatoms. The Morgan fingerprint density at radius 1 is 1.10 bits per heavy atom. The number of carbonyl (C=O) groups excluding carboxylic acids is 1. The summed E-state index contributed by atoms with van der Waals surface area (Å²) in [7, 11) is -4.05. The molecule has 0 radical (unpaired) electrons. The zero-order valence-corrected chi connectivity index (χ0v) is 17.8. The third-order valence-corrected chi connectivity index (χ3v) is 7.22. The summed E-state index contributed by atoms with van der Waals surface area (Å²) in [4.78, 5) is 28.8. The van der Waals surface area contributed by atoms with Crippen LogP contribution in [0, 0.1) is 5.82 Å². The molecule has 2 N–H and O–H groups in total. The molecule has 0 saturated heterocycles. The zero-order valence-electron chi connectivity index (χ0n) is 15.4. The highest BCUT2D eigenvalue weighted by Crippen LogP contribution is 2.25. The molecule has 0 spiro atoms. The summed E-state index contributed by atoms with van der Waals surface area (Å²) in [6, 6.07) is 11.5. The number of urea groups is 1. The van der Waals surface area contributed by atoms with Gasteiger partial charge in [-0.15, -0.1) is 11.3 Å². The smallest absolute Gasteiger partial charge is 0.307 e. The van der Waals surface area contributed by atoms with Crippen LogP contribution < -0.4 is 15.6 Å². The standard InChI is InChI=1S/C19H12ClFN4O4S2/c20-16-7-8-17(30-16)31(28,29)24-19(27)23-12-2-4-13(5-3-12)25-10-22-15-6-1-11(21)9-14(15)18(25)26/h1-10H,(H2,23,24,27). The number of benzene rings is 2. The second-order valence-corrected chi connectivity index (χ2v) is 9.87. The lowest BCUT2D eigenvalue weighted by Gasteiger charge is -2.10. The van der Waals surface area contributed by atoms with E-state index in [1.807, 2.05) is 4.72 Å². The Bertz CT molecular complexity index is 1470. The molecule has 0 fully saturated rings. The first kappa shape index (κ1) is 21.0. The highest BCUT2D eigenvalue weighted by Gasteiger charge is 2.19. The number of hydrogen-bond acceptors (Lipinski definition) is 6. The number of thiophene rings is 1. The number of sulfonamides is 1. The number of halogens is 2. The first-order valence-electron chi connectivity index (χ1n) is 8.59. The van der Waals surface area contributed by atoms with Crippen molar-refractivity contribution in [1.82, 2.24) is 14.3 Å². The van der Waals surface area contributed by atoms with Gasteiger partial charge in [0, 0.05) is 5.69 Å². The van der Waals surface area contributed by atoms with Crippen molar-refractivity contribution in [2.24, 2.45) is 0 Å². The fourth-order valence-corrected chi connectivity index (χ4v) is 5.14. The topological polar surface area (TPSA) is 110 Å². The summed E-state index contributed by atoms with van der Waals surface area (Å²) in [6.07, 6.45) is 1.32. The number of anilines is 1. The van der Waals surface area contributed by atoms with Gasteiger partial charge in [-0.1, -0.05) is 11.6 Å². The van der Waals surface area contributed by atoms with Crippen molar-refractivity contribution in [3.63, 3.8) is 0 Å². The first-order valence-corrected chi connectivity index (χ1v) is 11.3. The van der Waals surface area contributed by atoms with Gasteiger partial charge in [-0.2, -0.15) is 0 Å². The molecule has 2 heterocycles. The fourth-order valence-electron chi connectivity index (χ4n) is 2.75. The normalized spacial score (nSPS) is 11.4. The summed E-state index contributed by atoms with van der Waals surface area (Å²) in [5.74, 6) is -0.547. The number of aromatic nitrogens is 2. The monoisotopic (exact) mass is 478 g/mol. The quantitative estimate of drug-likeness (QED) is 0.464. The van der Waals surface area contributed by atoms with Gasteiger partial charge in [-0.05, 0) is 54.6 Å². The van der Waals surface area contributed by atoms with Gasteiger partial charge in [-0.3, -0.25) is 9.36 Å². The molecule has 158 valence electrons. The first-order chi connectivity index (χ1) is 14.7. The van der Waals surface area contributed by atoms with Crippen LogP contribution in [0.25, 0.3) is 16.6 Å². The number of rotatable bonds is 4.